The van der Waals surface area contributed by atoms with Gasteiger partial charge in [-0.1, -0.05) is 6.92 Å². The van der Waals surface area contributed by atoms with Gasteiger partial charge in [-0.25, -0.2) is 4.98 Å². The van der Waals surface area contributed by atoms with Crippen molar-refractivity contribution in [2.24, 2.45) is 0 Å². The minimum atomic E-state index is 0.0603. The summed E-state index contributed by atoms with van der Waals surface area (Å²) in [5.41, 5.74) is 3.64. The second kappa shape index (κ2) is 5.11. The van der Waals surface area contributed by atoms with Crippen LogP contribution in [0.5, 0.6) is 0 Å². The standard InChI is InChI=1S/C14H19N5O/c1-3-5-19-7-11(10(2)17-19)14(20)18-6-4-12-13(8-18)16-9-15-12/h7,9H,3-6,8H2,1-2H3,(H,15,16). The van der Waals surface area contributed by atoms with Crippen LogP contribution in [-0.4, -0.2) is 37.1 Å². The fraction of sp³-hybridized carbons (Fsp3) is 0.500. The van der Waals surface area contributed by atoms with Crippen LogP contribution in [0.15, 0.2) is 12.5 Å². The van der Waals surface area contributed by atoms with Gasteiger partial charge in [0.25, 0.3) is 5.91 Å². The number of nitrogens with one attached hydrogen (secondary N) is 1. The average Bonchev–Trinajstić information content (AvgIpc) is 3.04. The molecule has 0 spiro atoms. The highest BCUT2D eigenvalue weighted by atomic mass is 16.2. The molecule has 0 aromatic carbocycles. The number of imidazole rings is 1. The van der Waals surface area contributed by atoms with E-state index in [1.165, 1.54) is 0 Å². The molecular weight excluding hydrogens is 254 g/mol. The SMILES string of the molecule is CCCn1cc(C(=O)N2CCc3nc[nH]c3C2)c(C)n1. The Morgan fingerprint density at radius 2 is 2.35 bits per heavy atom. The van der Waals surface area contributed by atoms with Gasteiger partial charge >= 0.3 is 0 Å². The first-order chi connectivity index (χ1) is 9.69. The van der Waals surface area contributed by atoms with Gasteiger partial charge in [0.2, 0.25) is 0 Å². The molecule has 0 aliphatic carbocycles. The summed E-state index contributed by atoms with van der Waals surface area (Å²) in [6.07, 6.45) is 5.38. The Bertz CT molecular complexity index is 627. The number of aromatic amines is 1. The topological polar surface area (TPSA) is 66.8 Å². The van der Waals surface area contributed by atoms with E-state index in [2.05, 4.69) is 22.0 Å². The Kier molecular flexibility index (Phi) is 3.30. The second-order valence-corrected chi connectivity index (χ2v) is 5.20. The normalized spacial score (nSPS) is 14.4. The lowest BCUT2D eigenvalue weighted by molar-refractivity contribution is 0.0731. The fourth-order valence-corrected chi connectivity index (χ4v) is 2.63. The largest absolute Gasteiger partial charge is 0.347 e. The van der Waals surface area contributed by atoms with E-state index < -0.39 is 0 Å². The van der Waals surface area contributed by atoms with Gasteiger partial charge in [-0.05, 0) is 13.3 Å². The van der Waals surface area contributed by atoms with Crippen molar-refractivity contribution in [2.75, 3.05) is 6.54 Å². The van der Waals surface area contributed by atoms with Gasteiger partial charge in [0, 0.05) is 25.7 Å². The molecule has 0 saturated heterocycles. The van der Waals surface area contributed by atoms with Crippen molar-refractivity contribution in [3.05, 3.63) is 35.2 Å². The van der Waals surface area contributed by atoms with E-state index in [1.807, 2.05) is 22.7 Å². The maximum absolute atomic E-state index is 12.6. The number of nitrogens with zero attached hydrogens (tertiary/aromatic N) is 4. The molecule has 1 N–H and O–H groups in total. The maximum atomic E-state index is 12.6. The van der Waals surface area contributed by atoms with Crippen LogP contribution >= 0.6 is 0 Å². The molecule has 106 valence electrons. The van der Waals surface area contributed by atoms with Crippen LogP contribution in [-0.2, 0) is 19.5 Å². The van der Waals surface area contributed by atoms with Crippen LogP contribution in [0.25, 0.3) is 0 Å². The molecule has 0 atom stereocenters. The molecular formula is C14H19N5O. The number of H-pyrrole nitrogens is 1. The summed E-state index contributed by atoms with van der Waals surface area (Å²) in [6.45, 7) is 6.16. The number of carbonyl (C=O) groups excluding carboxylic acids is 1. The molecule has 6 heteroatoms. The molecule has 0 saturated carbocycles. The summed E-state index contributed by atoms with van der Waals surface area (Å²) in [5, 5.41) is 4.40. The van der Waals surface area contributed by atoms with E-state index in [9.17, 15) is 4.79 Å². The van der Waals surface area contributed by atoms with Gasteiger partial charge in [-0.15, -0.1) is 0 Å². The summed E-state index contributed by atoms with van der Waals surface area (Å²) >= 11 is 0. The quantitative estimate of drug-likeness (QED) is 0.922. The van der Waals surface area contributed by atoms with Crippen LogP contribution in [0.1, 0.15) is 40.8 Å². The molecule has 2 aromatic heterocycles. The average molecular weight is 273 g/mol. The zero-order valence-corrected chi connectivity index (χ0v) is 11.9. The van der Waals surface area contributed by atoms with Crippen molar-refractivity contribution in [3.8, 4) is 0 Å². The van der Waals surface area contributed by atoms with Gasteiger partial charge in [-0.2, -0.15) is 5.10 Å². The number of rotatable bonds is 3. The van der Waals surface area contributed by atoms with Crippen molar-refractivity contribution < 1.29 is 4.79 Å². The minimum absolute atomic E-state index is 0.0603. The van der Waals surface area contributed by atoms with E-state index in [1.54, 1.807) is 6.33 Å². The predicted molar refractivity (Wildman–Crippen MR) is 74.3 cm³/mol. The van der Waals surface area contributed by atoms with Crippen LogP contribution < -0.4 is 0 Å². The van der Waals surface area contributed by atoms with Gasteiger partial charge in [-0.3, -0.25) is 9.48 Å². The van der Waals surface area contributed by atoms with Crippen LogP contribution in [0.3, 0.4) is 0 Å². The Morgan fingerprint density at radius 3 is 3.15 bits per heavy atom. The maximum Gasteiger partial charge on any atom is 0.257 e. The lowest BCUT2D eigenvalue weighted by Crippen LogP contribution is -2.36. The molecule has 20 heavy (non-hydrogen) atoms. The first-order valence-electron chi connectivity index (χ1n) is 7.03. The van der Waals surface area contributed by atoms with Gasteiger partial charge < -0.3 is 9.88 Å². The van der Waals surface area contributed by atoms with Crippen molar-refractivity contribution in [3.63, 3.8) is 0 Å². The molecule has 6 nitrogen and oxygen atoms in total. The summed E-state index contributed by atoms with van der Waals surface area (Å²) in [4.78, 5) is 21.8. The summed E-state index contributed by atoms with van der Waals surface area (Å²) in [5.74, 6) is 0.0603. The molecule has 3 heterocycles. The first kappa shape index (κ1) is 12.9. The molecule has 1 amide bonds. The number of hydrogen-bond acceptors (Lipinski definition) is 3. The van der Waals surface area contributed by atoms with Crippen LogP contribution in [0, 0.1) is 6.92 Å². The third-order valence-corrected chi connectivity index (χ3v) is 3.69. The minimum Gasteiger partial charge on any atom is -0.347 e. The third-order valence-electron chi connectivity index (χ3n) is 3.69. The highest BCUT2D eigenvalue weighted by Gasteiger charge is 2.25. The van der Waals surface area contributed by atoms with Gasteiger partial charge in [0.05, 0.1) is 35.5 Å². The second-order valence-electron chi connectivity index (χ2n) is 5.20. The Balaban J connectivity index is 1.80. The molecule has 1 aliphatic heterocycles. The summed E-state index contributed by atoms with van der Waals surface area (Å²) in [6, 6.07) is 0. The highest BCUT2D eigenvalue weighted by Crippen LogP contribution is 2.18. The molecule has 0 bridgehead atoms. The summed E-state index contributed by atoms with van der Waals surface area (Å²) in [7, 11) is 0. The van der Waals surface area contributed by atoms with Crippen LogP contribution in [0.2, 0.25) is 0 Å². The van der Waals surface area contributed by atoms with Gasteiger partial charge in [0.1, 0.15) is 0 Å². The Morgan fingerprint density at radius 1 is 1.50 bits per heavy atom. The summed E-state index contributed by atoms with van der Waals surface area (Å²) < 4.78 is 1.86. The lowest BCUT2D eigenvalue weighted by atomic mass is 10.1. The van der Waals surface area contributed by atoms with E-state index in [4.69, 9.17) is 0 Å². The molecule has 0 unspecified atom stereocenters. The number of fused-ring (bicyclic) bond motifs is 1. The molecule has 0 radical (unpaired) electrons. The molecule has 1 aliphatic rings. The lowest BCUT2D eigenvalue weighted by Gasteiger charge is -2.26. The molecule has 3 rings (SSSR count). The number of aromatic nitrogens is 4. The smallest absolute Gasteiger partial charge is 0.257 e. The van der Waals surface area contributed by atoms with E-state index in [-0.39, 0.29) is 5.91 Å². The molecule has 2 aromatic rings. The first-order valence-corrected chi connectivity index (χ1v) is 7.03. The van der Waals surface area contributed by atoms with Crippen molar-refractivity contribution in [1.29, 1.82) is 0 Å². The number of carbonyl (C=O) groups is 1. The third kappa shape index (κ3) is 2.21. The fourth-order valence-electron chi connectivity index (χ4n) is 2.63. The van der Waals surface area contributed by atoms with E-state index in [0.717, 1.165) is 43.0 Å². The zero-order chi connectivity index (χ0) is 14.1. The molecule has 0 fully saturated rings. The van der Waals surface area contributed by atoms with Crippen molar-refractivity contribution in [1.82, 2.24) is 24.6 Å². The number of hydrogen-bond donors (Lipinski definition) is 1. The van der Waals surface area contributed by atoms with E-state index >= 15 is 0 Å². The highest BCUT2D eigenvalue weighted by molar-refractivity contribution is 5.95. The van der Waals surface area contributed by atoms with Crippen LogP contribution in [0.4, 0.5) is 0 Å². The van der Waals surface area contributed by atoms with Crippen molar-refractivity contribution in [2.45, 2.75) is 39.8 Å². The Hall–Kier alpha value is -2.11. The number of amides is 1. The van der Waals surface area contributed by atoms with Gasteiger partial charge in [0.15, 0.2) is 0 Å². The predicted octanol–water partition coefficient (Wildman–Crippen LogP) is 1.52. The number of aryl methyl sites for hydroxylation is 2. The Labute approximate surface area is 117 Å². The van der Waals surface area contributed by atoms with Crippen molar-refractivity contribution >= 4 is 5.91 Å². The zero-order valence-electron chi connectivity index (χ0n) is 11.9. The van der Waals surface area contributed by atoms with E-state index in [0.29, 0.717) is 12.1 Å². The monoisotopic (exact) mass is 273 g/mol.